The number of nitrogens with one attached hydrogen (secondary N) is 1. The number of benzene rings is 1. The van der Waals surface area contributed by atoms with Gasteiger partial charge in [0.1, 0.15) is 1.37 Å². The van der Waals surface area contributed by atoms with Crippen LogP contribution in [-0.2, 0) is 0 Å². The molecule has 2 aromatic rings. The van der Waals surface area contributed by atoms with Gasteiger partial charge in [-0.25, -0.2) is 4.98 Å². The molecule has 17 heavy (non-hydrogen) atoms. The van der Waals surface area contributed by atoms with E-state index in [1.807, 2.05) is 44.2 Å². The summed E-state index contributed by atoms with van der Waals surface area (Å²) >= 11 is 3.44. The van der Waals surface area contributed by atoms with Crippen LogP contribution in [-0.4, -0.2) is 9.97 Å². The van der Waals surface area contributed by atoms with Gasteiger partial charge < -0.3 is 4.98 Å². The number of nitrogens with zero attached hydrogens (tertiary/aromatic N) is 2. The minimum absolute atomic E-state index is 0.0104. The lowest BCUT2D eigenvalue weighted by Crippen LogP contribution is -2.13. The summed E-state index contributed by atoms with van der Waals surface area (Å²) in [7, 11) is 0. The van der Waals surface area contributed by atoms with E-state index >= 15 is 0 Å². The van der Waals surface area contributed by atoms with Crippen molar-refractivity contribution in [2.24, 2.45) is 4.99 Å². The highest BCUT2D eigenvalue weighted by molar-refractivity contribution is 9.10. The minimum Gasteiger partial charge on any atom is -0.349 e. The number of H-pyrrole nitrogens is 1. The van der Waals surface area contributed by atoms with Gasteiger partial charge in [0.25, 0.3) is 0 Å². The van der Waals surface area contributed by atoms with Crippen LogP contribution in [0.2, 0.25) is 0 Å². The van der Waals surface area contributed by atoms with Gasteiger partial charge in [-0.2, -0.15) is 0 Å². The van der Waals surface area contributed by atoms with Crippen molar-refractivity contribution in [2.75, 3.05) is 0 Å². The van der Waals surface area contributed by atoms with Gasteiger partial charge in [0, 0.05) is 5.69 Å². The quantitative estimate of drug-likeness (QED) is 0.908. The lowest BCUT2D eigenvalue weighted by Gasteiger charge is -2.06. The number of aromatic amines is 1. The van der Waals surface area contributed by atoms with Gasteiger partial charge in [0.05, 0.1) is 16.8 Å². The third-order valence-corrected chi connectivity index (χ3v) is 3.48. The molecule has 0 bridgehead atoms. The summed E-state index contributed by atoms with van der Waals surface area (Å²) < 4.78 is 8.38. The molecule has 0 saturated heterocycles. The van der Waals surface area contributed by atoms with Gasteiger partial charge in [0.2, 0.25) is 0 Å². The van der Waals surface area contributed by atoms with Crippen molar-refractivity contribution in [1.29, 1.82) is 0 Å². The van der Waals surface area contributed by atoms with Crippen molar-refractivity contribution in [2.45, 2.75) is 19.9 Å². The summed E-state index contributed by atoms with van der Waals surface area (Å²) in [6.07, 6.45) is 0.120. The predicted molar refractivity (Wildman–Crippen MR) is 71.4 cm³/mol. The zero-order chi connectivity index (χ0) is 13.1. The molecule has 1 N–H and O–H groups in total. The smallest absolute Gasteiger partial charge is 0.165 e. The molecule has 88 valence electrons. The summed E-state index contributed by atoms with van der Waals surface area (Å²) in [5.74, 6) is 0. The molecule has 2 rings (SSSR count). The molecule has 1 atom stereocenters. The van der Waals surface area contributed by atoms with Crippen molar-refractivity contribution in [1.82, 2.24) is 9.97 Å². The summed E-state index contributed by atoms with van der Waals surface area (Å²) in [6.45, 7) is 3.90. The summed E-state index contributed by atoms with van der Waals surface area (Å²) in [6, 6.07) is 10.0. The van der Waals surface area contributed by atoms with Crippen molar-refractivity contribution in [3.8, 4) is 0 Å². The van der Waals surface area contributed by atoms with E-state index in [0.717, 1.165) is 15.7 Å². The Hall–Kier alpha value is -1.42. The highest BCUT2D eigenvalue weighted by atomic mass is 79.9. The maximum absolute atomic E-state index is 7.57. The number of hydrogen-bond donors (Lipinski definition) is 1. The molecule has 0 saturated carbocycles. The first kappa shape index (κ1) is 10.7. The Balaban J connectivity index is 2.46. The Morgan fingerprint density at radius 1 is 1.41 bits per heavy atom. The van der Waals surface area contributed by atoms with E-state index in [9.17, 15) is 0 Å². The van der Waals surface area contributed by atoms with Crippen LogP contribution in [0.5, 0.6) is 0 Å². The van der Waals surface area contributed by atoms with Crippen molar-refractivity contribution in [3.05, 3.63) is 57.9 Å². The van der Waals surface area contributed by atoms with Gasteiger partial charge in [-0.15, -0.1) is 0 Å². The zero-order valence-electron chi connectivity index (χ0n) is 10.7. The Morgan fingerprint density at radius 2 is 2.12 bits per heavy atom. The van der Waals surface area contributed by atoms with E-state index in [1.54, 1.807) is 0 Å². The van der Waals surface area contributed by atoms with E-state index in [1.165, 1.54) is 0 Å². The normalized spacial score (nSPS) is 14.5. The molecule has 3 nitrogen and oxygen atoms in total. The maximum Gasteiger partial charge on any atom is 0.165 e. The zero-order valence-corrected chi connectivity index (χ0v) is 11.3. The van der Waals surface area contributed by atoms with Gasteiger partial charge in [-0.05, 0) is 35.3 Å². The molecule has 0 aliphatic heterocycles. The molecule has 0 aliphatic carbocycles. The van der Waals surface area contributed by atoms with Crippen LogP contribution in [0.4, 0.5) is 0 Å². The first-order valence-corrected chi connectivity index (χ1v) is 6.19. The number of rotatable bonds is 2. The molecule has 0 spiro atoms. The van der Waals surface area contributed by atoms with E-state index in [0.29, 0.717) is 5.49 Å². The van der Waals surface area contributed by atoms with Crippen LogP contribution in [0, 0.1) is 6.92 Å². The SMILES string of the molecule is [2H]c1nc(=NC(C)c2ccccc2)c(Br)c(C)[nH]1. The molecular formula is C13H14BrN3. The van der Waals surface area contributed by atoms with Crippen molar-refractivity contribution >= 4 is 15.9 Å². The molecule has 0 fully saturated rings. The Labute approximate surface area is 110 Å². The molecule has 0 amide bonds. The molecule has 0 radical (unpaired) electrons. The predicted octanol–water partition coefficient (Wildman–Crippen LogP) is 3.14. The van der Waals surface area contributed by atoms with Crippen LogP contribution in [0.1, 0.15) is 25.6 Å². The fourth-order valence-electron chi connectivity index (χ4n) is 1.51. The third kappa shape index (κ3) is 2.82. The summed E-state index contributed by atoms with van der Waals surface area (Å²) in [5.41, 5.74) is 2.55. The lowest BCUT2D eigenvalue weighted by atomic mass is 10.1. The van der Waals surface area contributed by atoms with Crippen molar-refractivity contribution in [3.63, 3.8) is 0 Å². The van der Waals surface area contributed by atoms with Crippen molar-refractivity contribution < 1.29 is 1.37 Å². The molecule has 1 aromatic heterocycles. The molecule has 1 aromatic carbocycles. The maximum atomic E-state index is 7.57. The van der Waals surface area contributed by atoms with Crippen LogP contribution in [0.15, 0.2) is 46.1 Å². The third-order valence-electron chi connectivity index (χ3n) is 2.53. The Morgan fingerprint density at radius 3 is 2.82 bits per heavy atom. The number of aryl methyl sites for hydroxylation is 1. The van der Waals surface area contributed by atoms with Crippen LogP contribution >= 0.6 is 15.9 Å². The van der Waals surface area contributed by atoms with E-state index in [2.05, 4.69) is 30.9 Å². The molecule has 1 unspecified atom stereocenters. The number of halogens is 1. The summed E-state index contributed by atoms with van der Waals surface area (Å²) in [5, 5.41) is 0. The Bertz CT molecular complexity index is 607. The topological polar surface area (TPSA) is 41.0 Å². The van der Waals surface area contributed by atoms with E-state index in [4.69, 9.17) is 1.37 Å². The highest BCUT2D eigenvalue weighted by Gasteiger charge is 2.04. The Kier molecular flexibility index (Phi) is 3.32. The van der Waals surface area contributed by atoms with Gasteiger partial charge in [-0.1, -0.05) is 30.3 Å². The first-order chi connectivity index (χ1) is 8.58. The molecule has 0 aliphatic rings. The van der Waals surface area contributed by atoms with Gasteiger partial charge >= 0.3 is 0 Å². The van der Waals surface area contributed by atoms with Crippen LogP contribution in [0.25, 0.3) is 0 Å². The van der Waals surface area contributed by atoms with Crippen LogP contribution < -0.4 is 5.49 Å². The average Bonchev–Trinajstić information content (AvgIpc) is 2.36. The van der Waals surface area contributed by atoms with E-state index < -0.39 is 0 Å². The second kappa shape index (κ2) is 5.27. The average molecular weight is 293 g/mol. The number of hydrogen-bond acceptors (Lipinski definition) is 2. The highest BCUT2D eigenvalue weighted by Crippen LogP contribution is 2.15. The number of aromatic nitrogens is 2. The fraction of sp³-hybridized carbons (Fsp3) is 0.231. The lowest BCUT2D eigenvalue weighted by molar-refractivity contribution is 0.767. The molecule has 1 heterocycles. The first-order valence-electron chi connectivity index (χ1n) is 5.89. The minimum atomic E-state index is 0.0104. The van der Waals surface area contributed by atoms with E-state index in [-0.39, 0.29) is 12.3 Å². The van der Waals surface area contributed by atoms with Gasteiger partial charge in [-0.3, -0.25) is 4.99 Å². The fourth-order valence-corrected chi connectivity index (χ4v) is 1.80. The van der Waals surface area contributed by atoms with Gasteiger partial charge in [0.15, 0.2) is 5.49 Å². The standard InChI is InChI=1S/C13H14BrN3/c1-9(11-6-4-3-5-7-11)17-13-12(14)10(2)15-8-16-13/h3-9H,1-2H3,(H,15,16,17)/i8D. The molecular weight excluding hydrogens is 278 g/mol. The summed E-state index contributed by atoms with van der Waals surface area (Å²) in [4.78, 5) is 11.5. The molecule has 4 heteroatoms. The monoisotopic (exact) mass is 292 g/mol. The second-order valence-corrected chi connectivity index (χ2v) is 4.62. The second-order valence-electron chi connectivity index (χ2n) is 3.83. The van der Waals surface area contributed by atoms with Crippen LogP contribution in [0.3, 0.4) is 0 Å². The largest absolute Gasteiger partial charge is 0.349 e.